The summed E-state index contributed by atoms with van der Waals surface area (Å²) in [5.41, 5.74) is 2.02. The molecule has 0 spiro atoms. The zero-order valence-electron chi connectivity index (χ0n) is 13.7. The normalized spacial score (nSPS) is 15.9. The van der Waals surface area contributed by atoms with Crippen LogP contribution in [0.1, 0.15) is 18.5 Å². The van der Waals surface area contributed by atoms with Crippen LogP contribution in [0.25, 0.3) is 0 Å². The molecule has 1 fully saturated rings. The Morgan fingerprint density at radius 1 is 1.08 bits per heavy atom. The molecule has 1 aromatic heterocycles. The maximum atomic E-state index is 13.0. The van der Waals surface area contributed by atoms with Gasteiger partial charge in [-0.1, -0.05) is 0 Å². The molecule has 1 saturated heterocycles. The maximum absolute atomic E-state index is 13.0. The second-order valence-corrected chi connectivity index (χ2v) is 5.90. The smallest absolute Gasteiger partial charge is 0.317 e. The van der Waals surface area contributed by atoms with E-state index in [0.717, 1.165) is 24.3 Å². The molecule has 1 aromatic carbocycles. The fourth-order valence-electron chi connectivity index (χ4n) is 2.83. The molecule has 1 aliphatic heterocycles. The molecule has 1 N–H and O–H groups in total. The minimum absolute atomic E-state index is 0.0573. The standard InChI is InChI=1S/C18H21FN4O/c1-14(15-6-8-20-9-7-15)21-18(24)23-12-10-22(11-13-23)17-4-2-16(19)3-5-17/h2-9,14H,10-13H2,1H3,(H,21,24). The van der Waals surface area contributed by atoms with Crippen LogP contribution in [0.15, 0.2) is 48.8 Å². The summed E-state index contributed by atoms with van der Waals surface area (Å²) in [5, 5.41) is 3.02. The average Bonchev–Trinajstić information content (AvgIpc) is 2.63. The van der Waals surface area contributed by atoms with E-state index in [9.17, 15) is 9.18 Å². The highest BCUT2D eigenvalue weighted by Gasteiger charge is 2.22. The van der Waals surface area contributed by atoms with Gasteiger partial charge in [-0.25, -0.2) is 9.18 Å². The number of hydrogen-bond acceptors (Lipinski definition) is 3. The third-order valence-electron chi connectivity index (χ3n) is 4.30. The molecule has 0 aliphatic carbocycles. The summed E-state index contributed by atoms with van der Waals surface area (Å²) in [5.74, 6) is -0.234. The quantitative estimate of drug-likeness (QED) is 0.942. The second-order valence-electron chi connectivity index (χ2n) is 5.90. The predicted octanol–water partition coefficient (Wildman–Crippen LogP) is 2.81. The minimum Gasteiger partial charge on any atom is -0.368 e. The van der Waals surface area contributed by atoms with Gasteiger partial charge in [-0.2, -0.15) is 0 Å². The van der Waals surface area contributed by atoms with Crippen LogP contribution < -0.4 is 10.2 Å². The van der Waals surface area contributed by atoms with Gasteiger partial charge in [-0.05, 0) is 48.9 Å². The van der Waals surface area contributed by atoms with E-state index in [2.05, 4.69) is 15.2 Å². The summed E-state index contributed by atoms with van der Waals surface area (Å²) in [6, 6.07) is 10.2. The molecule has 1 atom stereocenters. The number of carbonyl (C=O) groups excluding carboxylic acids is 1. The third-order valence-corrected chi connectivity index (χ3v) is 4.30. The van der Waals surface area contributed by atoms with Crippen molar-refractivity contribution < 1.29 is 9.18 Å². The Morgan fingerprint density at radius 3 is 2.33 bits per heavy atom. The van der Waals surface area contributed by atoms with Gasteiger partial charge in [0.05, 0.1) is 6.04 Å². The van der Waals surface area contributed by atoms with E-state index in [1.165, 1.54) is 12.1 Å². The summed E-state index contributed by atoms with van der Waals surface area (Å²) in [7, 11) is 0. The number of nitrogens with one attached hydrogen (secondary N) is 1. The van der Waals surface area contributed by atoms with Gasteiger partial charge in [0, 0.05) is 44.3 Å². The van der Waals surface area contributed by atoms with E-state index >= 15 is 0 Å². The van der Waals surface area contributed by atoms with Crippen molar-refractivity contribution in [2.75, 3.05) is 31.1 Å². The topological polar surface area (TPSA) is 48.5 Å². The third kappa shape index (κ3) is 3.82. The molecule has 24 heavy (non-hydrogen) atoms. The number of urea groups is 1. The number of carbonyl (C=O) groups is 1. The second kappa shape index (κ2) is 7.29. The molecule has 6 heteroatoms. The van der Waals surface area contributed by atoms with Gasteiger partial charge >= 0.3 is 6.03 Å². The zero-order chi connectivity index (χ0) is 16.9. The van der Waals surface area contributed by atoms with E-state index in [4.69, 9.17) is 0 Å². The molecule has 126 valence electrons. The molecule has 1 aliphatic rings. The number of hydrogen-bond donors (Lipinski definition) is 1. The summed E-state index contributed by atoms with van der Waals surface area (Å²) >= 11 is 0. The van der Waals surface area contributed by atoms with Crippen LogP contribution in [0.5, 0.6) is 0 Å². The van der Waals surface area contributed by atoms with E-state index in [1.807, 2.05) is 24.0 Å². The SMILES string of the molecule is CC(NC(=O)N1CCN(c2ccc(F)cc2)CC1)c1ccncc1. The van der Waals surface area contributed by atoms with Crippen molar-refractivity contribution in [3.63, 3.8) is 0 Å². The van der Waals surface area contributed by atoms with Gasteiger partial charge < -0.3 is 15.1 Å². The molecule has 2 amide bonds. The van der Waals surface area contributed by atoms with Gasteiger partial charge in [0.15, 0.2) is 0 Å². The number of anilines is 1. The Hall–Kier alpha value is -2.63. The summed E-state index contributed by atoms with van der Waals surface area (Å²) < 4.78 is 13.0. The lowest BCUT2D eigenvalue weighted by Gasteiger charge is -2.36. The first kappa shape index (κ1) is 16.2. The Labute approximate surface area is 141 Å². The van der Waals surface area contributed by atoms with Crippen molar-refractivity contribution in [1.29, 1.82) is 0 Å². The average molecular weight is 328 g/mol. The number of aromatic nitrogens is 1. The fourth-order valence-corrected chi connectivity index (χ4v) is 2.83. The molecule has 5 nitrogen and oxygen atoms in total. The number of pyridine rings is 1. The Balaban J connectivity index is 1.52. The fraction of sp³-hybridized carbons (Fsp3) is 0.333. The molecule has 1 unspecified atom stereocenters. The molecule has 0 bridgehead atoms. The Morgan fingerprint density at radius 2 is 1.71 bits per heavy atom. The maximum Gasteiger partial charge on any atom is 0.317 e. The molecular formula is C18H21FN4O. The highest BCUT2D eigenvalue weighted by Crippen LogP contribution is 2.17. The van der Waals surface area contributed by atoms with Crippen LogP contribution in [0, 0.1) is 5.82 Å². The van der Waals surface area contributed by atoms with Crippen molar-refractivity contribution in [2.24, 2.45) is 0 Å². The minimum atomic E-state index is -0.234. The molecule has 2 aromatic rings. The lowest BCUT2D eigenvalue weighted by molar-refractivity contribution is 0.191. The Kier molecular flexibility index (Phi) is 4.93. The highest BCUT2D eigenvalue weighted by atomic mass is 19.1. The van der Waals surface area contributed by atoms with Gasteiger partial charge in [-0.3, -0.25) is 4.98 Å². The van der Waals surface area contributed by atoms with Gasteiger partial charge in [0.25, 0.3) is 0 Å². The first-order valence-electron chi connectivity index (χ1n) is 8.09. The number of halogens is 1. The van der Waals surface area contributed by atoms with E-state index < -0.39 is 0 Å². The van der Waals surface area contributed by atoms with Gasteiger partial charge in [0.1, 0.15) is 5.82 Å². The summed E-state index contributed by atoms with van der Waals surface area (Å²) in [6.07, 6.45) is 3.44. The number of amides is 2. The van der Waals surface area contributed by atoms with Crippen molar-refractivity contribution in [3.05, 3.63) is 60.2 Å². The van der Waals surface area contributed by atoms with Crippen molar-refractivity contribution >= 4 is 11.7 Å². The van der Waals surface area contributed by atoms with E-state index in [0.29, 0.717) is 13.1 Å². The monoisotopic (exact) mass is 328 g/mol. The van der Waals surface area contributed by atoms with Crippen LogP contribution in [0.3, 0.4) is 0 Å². The molecule has 0 saturated carbocycles. The lowest BCUT2D eigenvalue weighted by atomic mass is 10.1. The summed E-state index contributed by atoms with van der Waals surface area (Å²) in [6.45, 7) is 4.73. The van der Waals surface area contributed by atoms with Crippen molar-refractivity contribution in [3.8, 4) is 0 Å². The molecule has 3 rings (SSSR count). The number of nitrogens with zero attached hydrogens (tertiary/aromatic N) is 3. The van der Waals surface area contributed by atoms with Crippen molar-refractivity contribution in [1.82, 2.24) is 15.2 Å². The van der Waals surface area contributed by atoms with E-state index in [-0.39, 0.29) is 17.9 Å². The largest absolute Gasteiger partial charge is 0.368 e. The first-order valence-corrected chi connectivity index (χ1v) is 8.09. The van der Waals surface area contributed by atoms with Gasteiger partial charge in [-0.15, -0.1) is 0 Å². The van der Waals surface area contributed by atoms with Crippen LogP contribution in [0.2, 0.25) is 0 Å². The number of benzene rings is 1. The number of piperazine rings is 1. The predicted molar refractivity (Wildman–Crippen MR) is 91.4 cm³/mol. The zero-order valence-corrected chi connectivity index (χ0v) is 13.7. The number of rotatable bonds is 3. The van der Waals surface area contributed by atoms with Gasteiger partial charge in [0.2, 0.25) is 0 Å². The summed E-state index contributed by atoms with van der Waals surface area (Å²) in [4.78, 5) is 20.4. The Bertz CT molecular complexity index is 669. The lowest BCUT2D eigenvalue weighted by Crippen LogP contribution is -2.52. The van der Waals surface area contributed by atoms with Crippen LogP contribution >= 0.6 is 0 Å². The highest BCUT2D eigenvalue weighted by molar-refractivity contribution is 5.75. The van der Waals surface area contributed by atoms with Crippen LogP contribution in [-0.2, 0) is 0 Å². The molecule has 2 heterocycles. The molecular weight excluding hydrogens is 307 g/mol. The molecule has 0 radical (unpaired) electrons. The first-order chi connectivity index (χ1) is 11.6. The van der Waals surface area contributed by atoms with Crippen LogP contribution in [-0.4, -0.2) is 42.1 Å². The van der Waals surface area contributed by atoms with Crippen molar-refractivity contribution in [2.45, 2.75) is 13.0 Å². The van der Waals surface area contributed by atoms with Crippen LogP contribution in [0.4, 0.5) is 14.9 Å². The van der Waals surface area contributed by atoms with E-state index in [1.54, 1.807) is 24.5 Å².